The van der Waals surface area contributed by atoms with Crippen LogP contribution in [0, 0.1) is 0 Å². The van der Waals surface area contributed by atoms with E-state index in [1.807, 2.05) is 42.5 Å². The van der Waals surface area contributed by atoms with Crippen molar-refractivity contribution in [1.29, 1.82) is 0 Å². The monoisotopic (exact) mass is 322 g/mol. The lowest BCUT2D eigenvalue weighted by Gasteiger charge is -2.07. The van der Waals surface area contributed by atoms with Gasteiger partial charge in [0.2, 0.25) is 5.75 Å². The number of nitrogens with zero attached hydrogens (tertiary/aromatic N) is 1. The highest BCUT2D eigenvalue weighted by atomic mass is 16.4. The van der Waals surface area contributed by atoms with Gasteiger partial charge in [-0.3, -0.25) is 4.79 Å². The lowest BCUT2D eigenvalue weighted by atomic mass is 10.0. The van der Waals surface area contributed by atoms with E-state index in [2.05, 4.69) is 9.97 Å². The summed E-state index contributed by atoms with van der Waals surface area (Å²) in [5, 5.41) is 18.5. The number of carbonyl (C=O) groups is 1. The zero-order chi connectivity index (χ0) is 17.1. The standard InChI is InChI=1S/C18H14N2O4/c21-15-14(18(23)24)19-16(20-17(15)22)13-8-4-7-12(10-13)9-11-5-2-1-3-6-11/h1-8,10,21H,9H2,(H,23,24)(H,19,20,22). The van der Waals surface area contributed by atoms with Crippen LogP contribution in [0.1, 0.15) is 21.6 Å². The van der Waals surface area contributed by atoms with Gasteiger partial charge in [0, 0.05) is 5.56 Å². The van der Waals surface area contributed by atoms with Crippen LogP contribution in [0.15, 0.2) is 59.4 Å². The van der Waals surface area contributed by atoms with Gasteiger partial charge in [-0.25, -0.2) is 9.78 Å². The molecule has 0 amide bonds. The molecule has 120 valence electrons. The van der Waals surface area contributed by atoms with E-state index in [4.69, 9.17) is 5.11 Å². The zero-order valence-corrected chi connectivity index (χ0v) is 12.6. The number of hydrogen-bond donors (Lipinski definition) is 3. The van der Waals surface area contributed by atoms with Crippen LogP contribution in [0.3, 0.4) is 0 Å². The van der Waals surface area contributed by atoms with Gasteiger partial charge in [0.05, 0.1) is 0 Å². The van der Waals surface area contributed by atoms with Gasteiger partial charge in [-0.05, 0) is 23.6 Å². The Morgan fingerprint density at radius 2 is 1.75 bits per heavy atom. The van der Waals surface area contributed by atoms with E-state index >= 15 is 0 Å². The van der Waals surface area contributed by atoms with Crippen LogP contribution in [-0.4, -0.2) is 26.2 Å². The van der Waals surface area contributed by atoms with Crippen LogP contribution in [-0.2, 0) is 6.42 Å². The van der Waals surface area contributed by atoms with Crippen LogP contribution in [0.2, 0.25) is 0 Å². The number of aromatic hydroxyl groups is 1. The normalized spacial score (nSPS) is 10.5. The molecule has 6 heteroatoms. The molecule has 0 aliphatic heterocycles. The second-order valence-corrected chi connectivity index (χ2v) is 5.28. The first kappa shape index (κ1) is 15.5. The maximum absolute atomic E-state index is 11.7. The molecule has 0 bridgehead atoms. The van der Waals surface area contributed by atoms with Crippen molar-refractivity contribution in [2.45, 2.75) is 6.42 Å². The summed E-state index contributed by atoms with van der Waals surface area (Å²) in [6.07, 6.45) is 0.697. The quantitative estimate of drug-likeness (QED) is 0.684. The third kappa shape index (κ3) is 3.17. The van der Waals surface area contributed by atoms with E-state index in [0.717, 1.165) is 11.1 Å². The lowest BCUT2D eigenvalue weighted by molar-refractivity contribution is 0.0686. The maximum atomic E-state index is 11.7. The van der Waals surface area contributed by atoms with Crippen LogP contribution < -0.4 is 5.56 Å². The molecule has 0 aliphatic carbocycles. The van der Waals surface area contributed by atoms with Crippen molar-refractivity contribution in [1.82, 2.24) is 9.97 Å². The van der Waals surface area contributed by atoms with Crippen molar-refractivity contribution in [3.05, 3.63) is 81.8 Å². The molecule has 0 unspecified atom stereocenters. The number of rotatable bonds is 4. The minimum absolute atomic E-state index is 0.102. The molecule has 6 nitrogen and oxygen atoms in total. The summed E-state index contributed by atoms with van der Waals surface area (Å²) >= 11 is 0. The molecular weight excluding hydrogens is 308 g/mol. The third-order valence-electron chi connectivity index (χ3n) is 3.55. The summed E-state index contributed by atoms with van der Waals surface area (Å²) in [4.78, 5) is 29.0. The molecule has 0 saturated heterocycles. The number of hydrogen-bond acceptors (Lipinski definition) is 4. The van der Waals surface area contributed by atoms with Crippen molar-refractivity contribution in [2.75, 3.05) is 0 Å². The molecule has 24 heavy (non-hydrogen) atoms. The van der Waals surface area contributed by atoms with Crippen molar-refractivity contribution in [3.8, 4) is 17.1 Å². The van der Waals surface area contributed by atoms with Crippen LogP contribution in [0.4, 0.5) is 0 Å². The minimum Gasteiger partial charge on any atom is -0.501 e. The number of carboxylic acids is 1. The largest absolute Gasteiger partial charge is 0.501 e. The van der Waals surface area contributed by atoms with E-state index < -0.39 is 23.0 Å². The molecule has 1 aromatic heterocycles. The zero-order valence-electron chi connectivity index (χ0n) is 12.6. The summed E-state index contributed by atoms with van der Waals surface area (Å²) in [7, 11) is 0. The summed E-state index contributed by atoms with van der Waals surface area (Å²) in [5.74, 6) is -2.25. The molecule has 0 radical (unpaired) electrons. The molecule has 1 heterocycles. The van der Waals surface area contributed by atoms with Gasteiger partial charge in [-0.2, -0.15) is 0 Å². The second kappa shape index (κ2) is 6.37. The predicted molar refractivity (Wildman–Crippen MR) is 88.2 cm³/mol. The van der Waals surface area contributed by atoms with E-state index in [9.17, 15) is 14.7 Å². The van der Waals surface area contributed by atoms with Gasteiger partial charge in [0.15, 0.2) is 5.69 Å². The Kier molecular flexibility index (Phi) is 4.11. The van der Waals surface area contributed by atoms with E-state index in [1.165, 1.54) is 0 Å². The molecule has 3 rings (SSSR count). The Morgan fingerprint density at radius 3 is 2.46 bits per heavy atom. The average molecular weight is 322 g/mol. The fourth-order valence-electron chi connectivity index (χ4n) is 2.41. The summed E-state index contributed by atoms with van der Waals surface area (Å²) in [5.41, 5.74) is 1.15. The SMILES string of the molecule is O=C(O)c1nc(-c2cccc(Cc3ccccc3)c2)[nH]c(=O)c1O. The smallest absolute Gasteiger partial charge is 0.358 e. The van der Waals surface area contributed by atoms with Crippen LogP contribution in [0.5, 0.6) is 5.75 Å². The highest BCUT2D eigenvalue weighted by Gasteiger charge is 2.17. The summed E-state index contributed by atoms with van der Waals surface area (Å²) in [6, 6.07) is 17.2. The summed E-state index contributed by atoms with van der Waals surface area (Å²) < 4.78 is 0. The Morgan fingerprint density at radius 1 is 1.04 bits per heavy atom. The summed E-state index contributed by atoms with van der Waals surface area (Å²) in [6.45, 7) is 0. The molecule has 3 N–H and O–H groups in total. The number of aromatic nitrogens is 2. The topological polar surface area (TPSA) is 103 Å². The molecular formula is C18H14N2O4. The average Bonchev–Trinajstić information content (AvgIpc) is 2.58. The Bertz CT molecular complexity index is 949. The number of nitrogens with one attached hydrogen (secondary N) is 1. The predicted octanol–water partition coefficient (Wildman–Crippen LogP) is 2.43. The van der Waals surface area contributed by atoms with Gasteiger partial charge in [0.1, 0.15) is 5.82 Å². The number of aromatic amines is 1. The lowest BCUT2D eigenvalue weighted by Crippen LogP contribution is -2.15. The van der Waals surface area contributed by atoms with Gasteiger partial charge >= 0.3 is 5.97 Å². The van der Waals surface area contributed by atoms with Crippen molar-refractivity contribution >= 4 is 5.97 Å². The van der Waals surface area contributed by atoms with Crippen molar-refractivity contribution < 1.29 is 15.0 Å². The molecule has 0 saturated carbocycles. The third-order valence-corrected chi connectivity index (χ3v) is 3.55. The minimum atomic E-state index is -1.46. The number of benzene rings is 2. The van der Waals surface area contributed by atoms with Gasteiger partial charge < -0.3 is 15.2 Å². The maximum Gasteiger partial charge on any atom is 0.358 e. The van der Waals surface area contributed by atoms with Gasteiger partial charge in [-0.15, -0.1) is 0 Å². The van der Waals surface area contributed by atoms with E-state index in [1.54, 1.807) is 12.1 Å². The Labute approximate surface area is 137 Å². The molecule has 0 aliphatic rings. The fourth-order valence-corrected chi connectivity index (χ4v) is 2.41. The first-order valence-corrected chi connectivity index (χ1v) is 7.24. The van der Waals surface area contributed by atoms with Crippen LogP contribution in [0.25, 0.3) is 11.4 Å². The number of aromatic carboxylic acids is 1. The van der Waals surface area contributed by atoms with E-state index in [0.29, 0.717) is 12.0 Å². The second-order valence-electron chi connectivity index (χ2n) is 5.28. The highest BCUT2D eigenvalue weighted by molar-refractivity contribution is 5.88. The van der Waals surface area contributed by atoms with Crippen molar-refractivity contribution in [2.24, 2.45) is 0 Å². The molecule has 3 aromatic rings. The van der Waals surface area contributed by atoms with E-state index in [-0.39, 0.29) is 5.82 Å². The molecule has 0 atom stereocenters. The van der Waals surface area contributed by atoms with Gasteiger partial charge in [-0.1, -0.05) is 48.5 Å². The Balaban J connectivity index is 2.00. The van der Waals surface area contributed by atoms with Crippen molar-refractivity contribution in [3.63, 3.8) is 0 Å². The first-order valence-electron chi connectivity index (χ1n) is 7.24. The first-order chi connectivity index (χ1) is 11.5. The van der Waals surface area contributed by atoms with Gasteiger partial charge in [0.25, 0.3) is 5.56 Å². The Hall–Kier alpha value is -3.41. The van der Waals surface area contributed by atoms with Crippen LogP contribution >= 0.6 is 0 Å². The number of H-pyrrole nitrogens is 1. The highest BCUT2D eigenvalue weighted by Crippen LogP contribution is 2.20. The molecule has 0 fully saturated rings. The number of carboxylic acid groups (broad SMARTS) is 1. The molecule has 2 aromatic carbocycles. The fraction of sp³-hybridized carbons (Fsp3) is 0.0556. The molecule has 0 spiro atoms.